The Hall–Kier alpha value is -3.93. The number of sulfone groups is 1. The first-order valence-corrected chi connectivity index (χ1v) is 16.4. The van der Waals surface area contributed by atoms with Crippen LogP contribution in [0.25, 0.3) is 0 Å². The summed E-state index contributed by atoms with van der Waals surface area (Å²) in [4.78, 5) is 43.9. The van der Waals surface area contributed by atoms with Gasteiger partial charge in [0, 0.05) is 16.6 Å². The van der Waals surface area contributed by atoms with E-state index in [0.29, 0.717) is 28.9 Å². The fraction of sp³-hybridized carbons (Fsp3) is 0.312. The number of rotatable bonds is 9. The van der Waals surface area contributed by atoms with Crippen LogP contribution in [0.4, 0.5) is 5.13 Å². The van der Waals surface area contributed by atoms with Gasteiger partial charge in [-0.25, -0.2) is 18.2 Å². The minimum atomic E-state index is -3.38. The molecule has 1 fully saturated rings. The molecule has 6 rings (SSSR count). The quantitative estimate of drug-likeness (QED) is 0.325. The molecule has 0 aliphatic heterocycles. The lowest BCUT2D eigenvalue weighted by atomic mass is 9.88. The van der Waals surface area contributed by atoms with Crippen molar-refractivity contribution >= 4 is 44.0 Å². The molecule has 1 N–H and O–H groups in total. The van der Waals surface area contributed by atoms with Crippen molar-refractivity contribution in [3.63, 3.8) is 0 Å². The number of aryl methyl sites for hydroxylation is 1. The Morgan fingerprint density at radius 3 is 2.53 bits per heavy atom. The zero-order valence-corrected chi connectivity index (χ0v) is 25.2. The molecule has 0 radical (unpaired) electrons. The molecule has 1 aromatic heterocycles. The number of nitrogens with zero attached hydrogens (tertiary/aromatic N) is 1. The van der Waals surface area contributed by atoms with Gasteiger partial charge in [0.25, 0.3) is 5.91 Å². The zero-order valence-electron chi connectivity index (χ0n) is 23.6. The number of carbonyl (C=O) groups excluding carboxylic acids is 3. The van der Waals surface area contributed by atoms with Crippen LogP contribution in [0.15, 0.2) is 82.9 Å². The van der Waals surface area contributed by atoms with Crippen molar-refractivity contribution in [3.05, 3.63) is 99.6 Å². The van der Waals surface area contributed by atoms with Crippen molar-refractivity contribution in [2.75, 3.05) is 12.4 Å². The first kappa shape index (κ1) is 29.2. The molecule has 0 saturated heterocycles. The van der Waals surface area contributed by atoms with E-state index in [2.05, 4.69) is 16.4 Å². The number of hydrogen-bond acceptors (Lipinski definition) is 9. The Balaban J connectivity index is 1.24. The van der Waals surface area contributed by atoms with Crippen molar-refractivity contribution in [2.45, 2.75) is 60.9 Å². The molecular weight excluding hydrogens is 588 g/mol. The smallest absolute Gasteiger partial charge is 0.338 e. The number of ketones is 1. The molecule has 0 spiro atoms. The van der Waals surface area contributed by atoms with E-state index >= 15 is 0 Å². The third kappa shape index (κ3) is 5.72. The lowest BCUT2D eigenvalue weighted by molar-refractivity contribution is -0.136. The second-order valence-electron chi connectivity index (χ2n) is 10.8. The number of aromatic nitrogens is 1. The maximum atomic E-state index is 13.7. The van der Waals surface area contributed by atoms with Gasteiger partial charge in [-0.15, -0.1) is 11.3 Å². The van der Waals surface area contributed by atoms with Crippen LogP contribution in [0.2, 0.25) is 0 Å². The van der Waals surface area contributed by atoms with E-state index in [1.54, 1.807) is 31.2 Å². The lowest BCUT2D eigenvalue weighted by Crippen LogP contribution is -2.25. The fourth-order valence-corrected chi connectivity index (χ4v) is 8.06. The topological polar surface area (TPSA) is 129 Å². The largest absolute Gasteiger partial charge is 0.465 e. The zero-order chi connectivity index (χ0) is 30.3. The van der Waals surface area contributed by atoms with Crippen LogP contribution in [0.5, 0.6) is 0 Å². The van der Waals surface area contributed by atoms with Crippen LogP contribution in [-0.2, 0) is 40.1 Å². The molecule has 3 aromatic rings. The van der Waals surface area contributed by atoms with Crippen molar-refractivity contribution in [3.8, 4) is 0 Å². The van der Waals surface area contributed by atoms with Gasteiger partial charge in [0.2, 0.25) is 0 Å². The second kappa shape index (κ2) is 11.6. The monoisotopic (exact) mass is 618 g/mol. The van der Waals surface area contributed by atoms with Crippen molar-refractivity contribution in [2.24, 2.45) is 0 Å². The summed E-state index contributed by atoms with van der Waals surface area (Å²) in [5.74, 6) is -1.92. The number of thiazole rings is 1. The third-order valence-corrected chi connectivity index (χ3v) is 11.3. The Labute approximate surface area is 253 Å². The molecule has 43 heavy (non-hydrogen) atoms. The number of amides is 1. The van der Waals surface area contributed by atoms with E-state index < -0.39 is 33.7 Å². The summed E-state index contributed by atoms with van der Waals surface area (Å²) in [7, 11) is -2.12. The van der Waals surface area contributed by atoms with E-state index in [1.807, 2.05) is 18.2 Å². The highest BCUT2D eigenvalue weighted by Gasteiger charge is 2.37. The molecule has 2 aromatic carbocycles. The van der Waals surface area contributed by atoms with E-state index in [4.69, 9.17) is 9.47 Å². The number of anilines is 1. The van der Waals surface area contributed by atoms with Gasteiger partial charge < -0.3 is 9.47 Å². The number of nitrogens with one attached hydrogen (secondary N) is 1. The third-order valence-electron chi connectivity index (χ3n) is 8.07. The fourth-order valence-electron chi connectivity index (χ4n) is 5.50. The molecule has 3 aliphatic rings. The molecule has 9 nitrogen and oxygen atoms in total. The standard InChI is InChI=1S/C32H30N2O7S2/c1-18-23(31(37)40-2)14-15-25(28(18)35)27-17-33-32(42-27)34-30(36)29(41-26-16-9-19-5-3-4-6-24(19)26)20-7-10-21(11-8-20)43(38,39)22-12-13-22/h3-8,10-11,14-15,17,22,25-26,29H,9,12-13,16H2,1-2H3,(H,33,34,36). The van der Waals surface area contributed by atoms with E-state index in [-0.39, 0.29) is 32.7 Å². The number of fused-ring (bicyclic) bond motifs is 1. The second-order valence-corrected chi connectivity index (χ2v) is 14.1. The van der Waals surface area contributed by atoms with Crippen LogP contribution >= 0.6 is 11.3 Å². The van der Waals surface area contributed by atoms with Gasteiger partial charge in [-0.05, 0) is 61.4 Å². The number of methoxy groups -OCH3 is 1. The van der Waals surface area contributed by atoms with Gasteiger partial charge in [0.05, 0.1) is 34.9 Å². The number of ether oxygens (including phenoxy) is 2. The van der Waals surface area contributed by atoms with E-state index in [0.717, 1.165) is 29.7 Å². The normalized spacial score (nSPS) is 20.6. The first-order chi connectivity index (χ1) is 20.7. The summed E-state index contributed by atoms with van der Waals surface area (Å²) in [6, 6.07) is 14.3. The Kier molecular flexibility index (Phi) is 7.89. The lowest BCUT2D eigenvalue weighted by Gasteiger charge is -2.22. The molecule has 3 unspecified atom stereocenters. The Morgan fingerprint density at radius 2 is 1.81 bits per heavy atom. The molecule has 1 saturated carbocycles. The van der Waals surface area contributed by atoms with Crippen LogP contribution < -0.4 is 5.32 Å². The predicted octanol–water partition coefficient (Wildman–Crippen LogP) is 5.18. The van der Waals surface area contributed by atoms with E-state index in [9.17, 15) is 22.8 Å². The summed E-state index contributed by atoms with van der Waals surface area (Å²) >= 11 is 1.16. The summed E-state index contributed by atoms with van der Waals surface area (Å²) in [5, 5.41) is 2.79. The number of hydrogen-bond donors (Lipinski definition) is 1. The van der Waals surface area contributed by atoms with Crippen LogP contribution in [0.1, 0.15) is 65.9 Å². The van der Waals surface area contributed by atoms with E-state index in [1.165, 1.54) is 31.0 Å². The van der Waals surface area contributed by atoms with Crippen molar-refractivity contribution in [1.82, 2.24) is 4.98 Å². The maximum Gasteiger partial charge on any atom is 0.338 e. The number of esters is 1. The van der Waals surface area contributed by atoms with Crippen LogP contribution in [-0.4, -0.2) is 43.4 Å². The maximum absolute atomic E-state index is 13.7. The van der Waals surface area contributed by atoms with Crippen LogP contribution in [0.3, 0.4) is 0 Å². The predicted molar refractivity (Wildman–Crippen MR) is 160 cm³/mol. The molecule has 0 bridgehead atoms. The summed E-state index contributed by atoms with van der Waals surface area (Å²) < 4.78 is 36.7. The molecule has 1 amide bonds. The number of benzene rings is 2. The van der Waals surface area contributed by atoms with Gasteiger partial charge in [0.1, 0.15) is 0 Å². The Bertz CT molecular complexity index is 1770. The van der Waals surface area contributed by atoms with Gasteiger partial charge in [-0.3, -0.25) is 14.9 Å². The highest BCUT2D eigenvalue weighted by Crippen LogP contribution is 2.40. The number of allylic oxidation sites excluding steroid dienone is 2. The SMILES string of the molecule is COC(=O)C1=C(C)C(=O)C(c2cnc(NC(=O)C(OC3CCc4ccccc43)c3ccc(S(=O)(=O)C4CC4)cc3)s2)C=C1. The summed E-state index contributed by atoms with van der Waals surface area (Å²) in [6.07, 6.45) is 6.27. The Morgan fingerprint density at radius 1 is 1.07 bits per heavy atom. The van der Waals surface area contributed by atoms with Gasteiger partial charge in [-0.1, -0.05) is 48.6 Å². The minimum Gasteiger partial charge on any atom is -0.465 e. The van der Waals surface area contributed by atoms with Crippen LogP contribution in [0, 0.1) is 0 Å². The molecule has 11 heteroatoms. The summed E-state index contributed by atoms with van der Waals surface area (Å²) in [6.45, 7) is 1.58. The van der Waals surface area contributed by atoms with Gasteiger partial charge in [-0.2, -0.15) is 0 Å². The minimum absolute atomic E-state index is 0.214. The molecule has 3 atom stereocenters. The molecule has 1 heterocycles. The highest BCUT2D eigenvalue weighted by atomic mass is 32.2. The molecular formula is C32H30N2O7S2. The number of carbonyl (C=O) groups is 3. The average molecular weight is 619 g/mol. The summed E-state index contributed by atoms with van der Waals surface area (Å²) in [5.41, 5.74) is 3.24. The van der Waals surface area contributed by atoms with Gasteiger partial charge in [0.15, 0.2) is 26.9 Å². The van der Waals surface area contributed by atoms with Crippen molar-refractivity contribution < 1.29 is 32.3 Å². The average Bonchev–Trinajstić information content (AvgIpc) is 3.67. The molecule has 222 valence electrons. The van der Waals surface area contributed by atoms with Crippen molar-refractivity contribution in [1.29, 1.82) is 0 Å². The first-order valence-electron chi connectivity index (χ1n) is 14.0. The number of Topliss-reactive ketones (excluding diaryl/α,β-unsaturated/α-hetero) is 1. The molecule has 3 aliphatic carbocycles. The highest BCUT2D eigenvalue weighted by molar-refractivity contribution is 7.92. The van der Waals surface area contributed by atoms with Gasteiger partial charge >= 0.3 is 5.97 Å².